The smallest absolute Gasteiger partial charge is 0.281 e. The van der Waals surface area contributed by atoms with E-state index in [0.29, 0.717) is 37.9 Å². The van der Waals surface area contributed by atoms with Crippen LogP contribution in [0.2, 0.25) is 0 Å². The van der Waals surface area contributed by atoms with Crippen LogP contribution in [0, 0.1) is 17.8 Å². The molecule has 0 aromatic carbocycles. The van der Waals surface area contributed by atoms with Crippen molar-refractivity contribution in [2.45, 2.75) is 44.6 Å². The molecule has 0 aromatic rings. The molecule has 3 aliphatic rings. The van der Waals surface area contributed by atoms with Gasteiger partial charge in [-0.05, 0) is 43.9 Å². The first-order chi connectivity index (χ1) is 10.4. The highest BCUT2D eigenvalue weighted by molar-refractivity contribution is 7.86. The van der Waals surface area contributed by atoms with Crippen molar-refractivity contribution in [1.82, 2.24) is 13.9 Å². The Balaban J connectivity index is 1.50. The number of hydrogen-bond donors (Lipinski definition) is 1. The minimum Gasteiger partial charge on any atom is -0.353 e. The number of nitrogens with zero attached hydrogens (tertiary/aromatic N) is 2. The molecule has 6 nitrogen and oxygen atoms in total. The molecule has 2 aliphatic carbocycles. The van der Waals surface area contributed by atoms with Gasteiger partial charge in [-0.3, -0.25) is 4.79 Å². The molecule has 1 aliphatic heterocycles. The molecule has 0 spiro atoms. The lowest BCUT2D eigenvalue weighted by Gasteiger charge is -2.33. The van der Waals surface area contributed by atoms with Crippen LogP contribution < -0.4 is 5.32 Å². The first-order valence-electron chi connectivity index (χ1n) is 8.36. The largest absolute Gasteiger partial charge is 0.353 e. The van der Waals surface area contributed by atoms with Gasteiger partial charge in [-0.1, -0.05) is 6.42 Å². The number of piperidine rings is 1. The van der Waals surface area contributed by atoms with Crippen LogP contribution in [0.25, 0.3) is 0 Å². The van der Waals surface area contributed by atoms with Crippen LogP contribution in [0.4, 0.5) is 0 Å². The van der Waals surface area contributed by atoms with Gasteiger partial charge >= 0.3 is 0 Å². The van der Waals surface area contributed by atoms with Crippen LogP contribution in [0.3, 0.4) is 0 Å². The Morgan fingerprint density at radius 2 is 1.77 bits per heavy atom. The molecule has 2 saturated carbocycles. The third-order valence-corrected chi connectivity index (χ3v) is 7.62. The summed E-state index contributed by atoms with van der Waals surface area (Å²) >= 11 is 0. The summed E-state index contributed by atoms with van der Waals surface area (Å²) in [7, 11) is -0.254. The number of rotatable bonds is 4. The highest BCUT2D eigenvalue weighted by atomic mass is 32.2. The van der Waals surface area contributed by atoms with Crippen molar-refractivity contribution >= 4 is 16.1 Å². The molecule has 3 rings (SSSR count). The van der Waals surface area contributed by atoms with Gasteiger partial charge in [-0.2, -0.15) is 17.0 Å². The lowest BCUT2D eigenvalue weighted by Crippen LogP contribution is -2.48. The second kappa shape index (κ2) is 6.09. The van der Waals surface area contributed by atoms with Gasteiger partial charge in [0.15, 0.2) is 0 Å². The molecule has 7 heteroatoms. The molecule has 2 bridgehead atoms. The SMILES string of the molecule is CN(C)S(=O)(=O)N1CCC(C(=O)NC2CC3CCC2C3)CC1. The lowest BCUT2D eigenvalue weighted by molar-refractivity contribution is -0.127. The molecule has 3 atom stereocenters. The van der Waals surface area contributed by atoms with Crippen LogP contribution >= 0.6 is 0 Å². The van der Waals surface area contributed by atoms with Crippen LogP contribution in [0.5, 0.6) is 0 Å². The fourth-order valence-corrected chi connectivity index (χ4v) is 5.44. The fourth-order valence-electron chi connectivity index (χ4n) is 4.30. The summed E-state index contributed by atoms with van der Waals surface area (Å²) in [5.74, 6) is 1.61. The minimum absolute atomic E-state index is 0.0345. The average molecular weight is 329 g/mol. The van der Waals surface area contributed by atoms with E-state index in [0.717, 1.165) is 12.3 Å². The van der Waals surface area contributed by atoms with E-state index in [-0.39, 0.29) is 11.8 Å². The van der Waals surface area contributed by atoms with Crippen molar-refractivity contribution < 1.29 is 13.2 Å². The maximum absolute atomic E-state index is 12.4. The van der Waals surface area contributed by atoms with Crippen LogP contribution in [0.15, 0.2) is 0 Å². The summed E-state index contributed by atoms with van der Waals surface area (Å²) in [5.41, 5.74) is 0. The van der Waals surface area contributed by atoms with Crippen molar-refractivity contribution in [2.75, 3.05) is 27.2 Å². The topological polar surface area (TPSA) is 69.7 Å². The van der Waals surface area contributed by atoms with E-state index in [4.69, 9.17) is 0 Å². The zero-order valence-electron chi connectivity index (χ0n) is 13.5. The van der Waals surface area contributed by atoms with Crippen molar-refractivity contribution in [3.05, 3.63) is 0 Å². The van der Waals surface area contributed by atoms with Crippen molar-refractivity contribution in [1.29, 1.82) is 0 Å². The van der Waals surface area contributed by atoms with E-state index >= 15 is 0 Å². The van der Waals surface area contributed by atoms with Gasteiger partial charge in [0, 0.05) is 39.1 Å². The van der Waals surface area contributed by atoms with Crippen LogP contribution in [-0.4, -0.2) is 56.2 Å². The second-order valence-corrected chi connectivity index (χ2v) is 9.40. The zero-order chi connectivity index (χ0) is 15.9. The molecule has 126 valence electrons. The molecule has 1 N–H and O–H groups in total. The Hall–Kier alpha value is -0.660. The summed E-state index contributed by atoms with van der Waals surface area (Å²) in [5, 5.41) is 3.24. The molecular formula is C15H27N3O3S. The van der Waals surface area contributed by atoms with Gasteiger partial charge in [0.2, 0.25) is 5.91 Å². The van der Waals surface area contributed by atoms with E-state index in [2.05, 4.69) is 5.32 Å². The van der Waals surface area contributed by atoms with E-state index in [1.165, 1.54) is 27.9 Å². The Morgan fingerprint density at radius 1 is 1.09 bits per heavy atom. The highest BCUT2D eigenvalue weighted by Crippen LogP contribution is 2.44. The molecule has 3 unspecified atom stereocenters. The summed E-state index contributed by atoms with van der Waals surface area (Å²) in [6.07, 6.45) is 6.27. The third kappa shape index (κ3) is 3.03. The number of amides is 1. The summed E-state index contributed by atoms with van der Waals surface area (Å²) < 4.78 is 26.9. The normalized spacial score (nSPS) is 33.5. The van der Waals surface area contributed by atoms with Gasteiger partial charge in [0.05, 0.1) is 0 Å². The van der Waals surface area contributed by atoms with E-state index in [1.807, 2.05) is 0 Å². The maximum atomic E-state index is 12.4. The standard InChI is InChI=1S/C15H27N3O3S/c1-17(2)22(20,21)18-7-5-12(6-8-18)15(19)16-14-10-11-3-4-13(14)9-11/h11-14H,3-10H2,1-2H3,(H,16,19). The van der Waals surface area contributed by atoms with Gasteiger partial charge in [0.25, 0.3) is 10.2 Å². The molecule has 1 amide bonds. The predicted octanol–water partition coefficient (Wildman–Crippen LogP) is 0.810. The third-order valence-electron chi connectivity index (χ3n) is 5.68. The van der Waals surface area contributed by atoms with Crippen LogP contribution in [0.1, 0.15) is 38.5 Å². The monoisotopic (exact) mass is 329 g/mol. The number of fused-ring (bicyclic) bond motifs is 2. The van der Waals surface area contributed by atoms with Gasteiger partial charge in [-0.25, -0.2) is 0 Å². The first-order valence-corrected chi connectivity index (χ1v) is 9.75. The summed E-state index contributed by atoms with van der Waals surface area (Å²) in [6.45, 7) is 0.880. The highest BCUT2D eigenvalue weighted by Gasteiger charge is 2.41. The van der Waals surface area contributed by atoms with Gasteiger partial charge in [-0.15, -0.1) is 0 Å². The van der Waals surface area contributed by atoms with E-state index in [9.17, 15) is 13.2 Å². The van der Waals surface area contributed by atoms with E-state index < -0.39 is 10.2 Å². The number of carbonyl (C=O) groups excluding carboxylic acids is 1. The molecule has 1 heterocycles. The Kier molecular flexibility index (Phi) is 4.49. The Morgan fingerprint density at radius 3 is 2.27 bits per heavy atom. The van der Waals surface area contributed by atoms with Gasteiger partial charge < -0.3 is 5.32 Å². The number of hydrogen-bond acceptors (Lipinski definition) is 3. The van der Waals surface area contributed by atoms with Gasteiger partial charge in [0.1, 0.15) is 0 Å². The lowest BCUT2D eigenvalue weighted by atomic mass is 9.93. The molecule has 22 heavy (non-hydrogen) atoms. The van der Waals surface area contributed by atoms with Crippen molar-refractivity contribution in [3.8, 4) is 0 Å². The summed E-state index contributed by atoms with van der Waals surface area (Å²) in [6, 6.07) is 0.370. The molecule has 1 saturated heterocycles. The Labute approximate surface area is 133 Å². The second-order valence-electron chi connectivity index (χ2n) is 7.25. The molecule has 0 radical (unpaired) electrons. The quantitative estimate of drug-likeness (QED) is 0.830. The first kappa shape index (κ1) is 16.2. The molecular weight excluding hydrogens is 302 g/mol. The summed E-state index contributed by atoms with van der Waals surface area (Å²) in [4.78, 5) is 12.4. The minimum atomic E-state index is -3.34. The predicted molar refractivity (Wildman–Crippen MR) is 84.3 cm³/mol. The molecule has 3 fully saturated rings. The van der Waals surface area contributed by atoms with E-state index in [1.54, 1.807) is 14.1 Å². The van der Waals surface area contributed by atoms with Crippen LogP contribution in [-0.2, 0) is 15.0 Å². The Bertz CT molecular complexity index is 526. The number of nitrogens with one attached hydrogen (secondary N) is 1. The average Bonchev–Trinajstić information content (AvgIpc) is 3.09. The van der Waals surface area contributed by atoms with Crippen molar-refractivity contribution in [2.24, 2.45) is 17.8 Å². The fraction of sp³-hybridized carbons (Fsp3) is 0.933. The number of carbonyl (C=O) groups is 1. The van der Waals surface area contributed by atoms with Crippen molar-refractivity contribution in [3.63, 3.8) is 0 Å². The molecule has 0 aromatic heterocycles. The zero-order valence-corrected chi connectivity index (χ0v) is 14.3. The maximum Gasteiger partial charge on any atom is 0.281 e.